The molecule has 0 aromatic heterocycles. The van der Waals surface area contributed by atoms with Crippen molar-refractivity contribution in [3.63, 3.8) is 0 Å². The van der Waals surface area contributed by atoms with E-state index in [9.17, 15) is 4.79 Å². The van der Waals surface area contributed by atoms with E-state index < -0.39 is 0 Å². The van der Waals surface area contributed by atoms with Gasteiger partial charge in [0.25, 0.3) is 0 Å². The van der Waals surface area contributed by atoms with Crippen molar-refractivity contribution >= 4 is 11.6 Å². The maximum atomic E-state index is 11.8. The highest BCUT2D eigenvalue weighted by molar-refractivity contribution is 5.76. The fourth-order valence-electron chi connectivity index (χ4n) is 2.12. The van der Waals surface area contributed by atoms with Crippen LogP contribution >= 0.6 is 0 Å². The molecule has 0 fully saturated rings. The Kier molecular flexibility index (Phi) is 7.65. The number of nitrogen functional groups attached to an aromatic ring is 1. The molecule has 4 nitrogen and oxygen atoms in total. The minimum Gasteiger partial charge on any atom is -0.491 e. The number of ether oxygens (including phenoxy) is 1. The van der Waals surface area contributed by atoms with Gasteiger partial charge in [0.15, 0.2) is 0 Å². The molecule has 0 spiro atoms. The van der Waals surface area contributed by atoms with Crippen molar-refractivity contribution < 1.29 is 9.53 Å². The molecule has 1 unspecified atom stereocenters. The van der Waals surface area contributed by atoms with E-state index in [1.807, 2.05) is 25.1 Å². The van der Waals surface area contributed by atoms with Crippen LogP contribution < -0.4 is 15.8 Å². The third-order valence-corrected chi connectivity index (χ3v) is 3.33. The number of rotatable bonds is 9. The maximum Gasteiger partial charge on any atom is 0.223 e. The second-order valence-electron chi connectivity index (χ2n) is 5.93. The molecule has 0 aliphatic heterocycles. The first-order valence-corrected chi connectivity index (χ1v) is 7.75. The number of para-hydroxylation sites is 2. The molecule has 0 heterocycles. The lowest BCUT2D eigenvalue weighted by molar-refractivity contribution is -0.122. The summed E-state index contributed by atoms with van der Waals surface area (Å²) in [7, 11) is 0. The van der Waals surface area contributed by atoms with Gasteiger partial charge in [0, 0.05) is 6.04 Å². The van der Waals surface area contributed by atoms with E-state index in [0.29, 0.717) is 24.5 Å². The average molecular weight is 292 g/mol. The van der Waals surface area contributed by atoms with Crippen molar-refractivity contribution in [2.24, 2.45) is 5.92 Å². The first-order valence-electron chi connectivity index (χ1n) is 7.75. The number of nitrogens with one attached hydrogen (secondary N) is 1. The van der Waals surface area contributed by atoms with E-state index in [4.69, 9.17) is 10.5 Å². The number of benzene rings is 1. The average Bonchev–Trinajstić information content (AvgIpc) is 2.40. The van der Waals surface area contributed by atoms with Crippen LogP contribution in [0.3, 0.4) is 0 Å². The number of hydrogen-bond acceptors (Lipinski definition) is 3. The van der Waals surface area contributed by atoms with Crippen molar-refractivity contribution in [3.05, 3.63) is 24.3 Å². The van der Waals surface area contributed by atoms with E-state index in [1.165, 1.54) is 6.42 Å². The molecule has 4 heteroatoms. The molecule has 0 aliphatic rings. The first kappa shape index (κ1) is 17.3. The largest absolute Gasteiger partial charge is 0.491 e. The summed E-state index contributed by atoms with van der Waals surface area (Å²) in [6.45, 7) is 6.83. The van der Waals surface area contributed by atoms with E-state index in [1.54, 1.807) is 6.07 Å². The van der Waals surface area contributed by atoms with Crippen molar-refractivity contribution in [1.82, 2.24) is 5.32 Å². The Labute approximate surface area is 128 Å². The number of hydrogen-bond donors (Lipinski definition) is 2. The van der Waals surface area contributed by atoms with Crippen molar-refractivity contribution in [1.29, 1.82) is 0 Å². The third kappa shape index (κ3) is 7.59. The molecule has 1 amide bonds. The minimum absolute atomic E-state index is 0.0292. The molecule has 3 N–H and O–H groups in total. The van der Waals surface area contributed by atoms with Gasteiger partial charge in [0.2, 0.25) is 5.91 Å². The highest BCUT2D eigenvalue weighted by Crippen LogP contribution is 2.19. The zero-order chi connectivity index (χ0) is 15.7. The molecule has 1 aromatic rings. The maximum absolute atomic E-state index is 11.8. The van der Waals surface area contributed by atoms with Crippen LogP contribution in [0.25, 0.3) is 0 Å². The fourth-order valence-corrected chi connectivity index (χ4v) is 2.12. The molecular weight excluding hydrogens is 264 g/mol. The standard InChI is InChI=1S/C17H28N2O2/c1-13(2)7-6-8-14(3)19-17(20)11-12-21-16-10-5-4-9-15(16)18/h4-5,9-10,13-14H,6-8,11-12,18H2,1-3H3,(H,19,20). The molecule has 118 valence electrons. The highest BCUT2D eigenvalue weighted by Gasteiger charge is 2.08. The molecule has 0 radical (unpaired) electrons. The van der Waals surface area contributed by atoms with E-state index in [2.05, 4.69) is 19.2 Å². The summed E-state index contributed by atoms with van der Waals surface area (Å²) in [6, 6.07) is 7.53. The van der Waals surface area contributed by atoms with Crippen LogP contribution in [0.2, 0.25) is 0 Å². The summed E-state index contributed by atoms with van der Waals surface area (Å²) in [5.74, 6) is 1.38. The monoisotopic (exact) mass is 292 g/mol. The van der Waals surface area contributed by atoms with Gasteiger partial charge in [-0.05, 0) is 31.4 Å². The Hall–Kier alpha value is -1.71. The predicted molar refractivity (Wildman–Crippen MR) is 87.3 cm³/mol. The second-order valence-corrected chi connectivity index (χ2v) is 5.93. The lowest BCUT2D eigenvalue weighted by Crippen LogP contribution is -2.33. The van der Waals surface area contributed by atoms with Crippen LogP contribution in [0.1, 0.15) is 46.5 Å². The Bertz CT molecular complexity index is 433. The van der Waals surface area contributed by atoms with Gasteiger partial charge in [-0.3, -0.25) is 4.79 Å². The quantitative estimate of drug-likeness (QED) is 0.686. The molecule has 0 saturated carbocycles. The van der Waals surface area contributed by atoms with Gasteiger partial charge < -0.3 is 15.8 Å². The summed E-state index contributed by atoms with van der Waals surface area (Å²) in [4.78, 5) is 11.8. The molecule has 0 aliphatic carbocycles. The molecule has 21 heavy (non-hydrogen) atoms. The van der Waals surface area contributed by atoms with Gasteiger partial charge in [-0.25, -0.2) is 0 Å². The van der Waals surface area contributed by atoms with Crippen molar-refractivity contribution in [2.75, 3.05) is 12.3 Å². The SMILES string of the molecule is CC(C)CCCC(C)NC(=O)CCOc1ccccc1N. The van der Waals surface area contributed by atoms with E-state index in [0.717, 1.165) is 18.8 Å². The van der Waals surface area contributed by atoms with Gasteiger partial charge >= 0.3 is 0 Å². The number of amides is 1. The molecular formula is C17H28N2O2. The van der Waals surface area contributed by atoms with Crippen molar-refractivity contribution in [3.8, 4) is 5.75 Å². The predicted octanol–water partition coefficient (Wildman–Crippen LogP) is 3.37. The van der Waals surface area contributed by atoms with Gasteiger partial charge in [0.1, 0.15) is 5.75 Å². The van der Waals surface area contributed by atoms with Crippen LogP contribution in [0.5, 0.6) is 5.75 Å². The summed E-state index contributed by atoms with van der Waals surface area (Å²) >= 11 is 0. The smallest absolute Gasteiger partial charge is 0.223 e. The molecule has 1 rings (SSSR count). The lowest BCUT2D eigenvalue weighted by atomic mass is 10.0. The summed E-state index contributed by atoms with van der Waals surface area (Å²) < 4.78 is 5.52. The van der Waals surface area contributed by atoms with Crippen LogP contribution in [-0.4, -0.2) is 18.6 Å². The van der Waals surface area contributed by atoms with E-state index in [-0.39, 0.29) is 11.9 Å². The third-order valence-electron chi connectivity index (χ3n) is 3.33. The highest BCUT2D eigenvalue weighted by atomic mass is 16.5. The van der Waals surface area contributed by atoms with Gasteiger partial charge in [-0.2, -0.15) is 0 Å². The first-order chi connectivity index (χ1) is 9.99. The zero-order valence-corrected chi connectivity index (χ0v) is 13.4. The van der Waals surface area contributed by atoms with Crippen molar-refractivity contribution in [2.45, 2.75) is 52.5 Å². The van der Waals surface area contributed by atoms with Crippen LogP contribution in [-0.2, 0) is 4.79 Å². The zero-order valence-electron chi connectivity index (χ0n) is 13.4. The summed E-state index contributed by atoms with van der Waals surface area (Å²) in [5.41, 5.74) is 6.37. The topological polar surface area (TPSA) is 64.3 Å². The number of nitrogens with two attached hydrogens (primary N) is 1. The van der Waals surface area contributed by atoms with Gasteiger partial charge in [0.05, 0.1) is 18.7 Å². The Morgan fingerprint density at radius 3 is 2.62 bits per heavy atom. The normalized spacial score (nSPS) is 12.2. The Morgan fingerprint density at radius 1 is 1.24 bits per heavy atom. The molecule has 1 aromatic carbocycles. The number of carbonyl (C=O) groups is 1. The molecule has 1 atom stereocenters. The minimum atomic E-state index is 0.0292. The molecule has 0 bridgehead atoms. The summed E-state index contributed by atoms with van der Waals surface area (Å²) in [6.07, 6.45) is 3.73. The van der Waals surface area contributed by atoms with Crippen LogP contribution in [0, 0.1) is 5.92 Å². The van der Waals surface area contributed by atoms with Gasteiger partial charge in [-0.1, -0.05) is 38.8 Å². The van der Waals surface area contributed by atoms with Gasteiger partial charge in [-0.15, -0.1) is 0 Å². The van der Waals surface area contributed by atoms with Crippen LogP contribution in [0.15, 0.2) is 24.3 Å². The number of carbonyl (C=O) groups excluding carboxylic acids is 1. The van der Waals surface area contributed by atoms with E-state index >= 15 is 0 Å². The van der Waals surface area contributed by atoms with Crippen LogP contribution in [0.4, 0.5) is 5.69 Å². The second kappa shape index (κ2) is 9.27. The fraction of sp³-hybridized carbons (Fsp3) is 0.588. The lowest BCUT2D eigenvalue weighted by Gasteiger charge is -2.15. The summed E-state index contributed by atoms with van der Waals surface area (Å²) in [5, 5.41) is 3.00. The number of anilines is 1. The Morgan fingerprint density at radius 2 is 1.95 bits per heavy atom. The Balaban J connectivity index is 2.17. The molecule has 0 saturated heterocycles.